The lowest BCUT2D eigenvalue weighted by Crippen LogP contribution is -2.30. The minimum Gasteiger partial charge on any atom is -0.406 e. The molecule has 2 aromatic heterocycles. The summed E-state index contributed by atoms with van der Waals surface area (Å²) < 4.78 is 43.3. The molecular formula is C22H21ClF3N3O2. The second-order valence-corrected chi connectivity index (χ2v) is 8.19. The van der Waals surface area contributed by atoms with Crippen LogP contribution in [-0.4, -0.2) is 20.9 Å². The molecule has 31 heavy (non-hydrogen) atoms. The molecule has 0 aliphatic heterocycles. The average molecular weight is 452 g/mol. The Kier molecular flexibility index (Phi) is 5.68. The maximum atomic E-state index is 13.0. The summed E-state index contributed by atoms with van der Waals surface area (Å²) in [6.45, 7) is 3.74. The van der Waals surface area contributed by atoms with Crippen molar-refractivity contribution in [1.29, 1.82) is 0 Å². The van der Waals surface area contributed by atoms with Gasteiger partial charge in [0.25, 0.3) is 5.56 Å². The average Bonchev–Trinajstić information content (AvgIpc) is 3.52. The summed E-state index contributed by atoms with van der Waals surface area (Å²) in [6.07, 6.45) is 0.706. The first-order valence-electron chi connectivity index (χ1n) is 10.1. The molecule has 5 nitrogen and oxygen atoms in total. The number of benzene rings is 1. The fourth-order valence-electron chi connectivity index (χ4n) is 4.00. The maximum absolute atomic E-state index is 13.0. The molecule has 1 saturated carbocycles. The zero-order chi connectivity index (χ0) is 22.3. The lowest BCUT2D eigenvalue weighted by molar-refractivity contribution is -0.274. The van der Waals surface area contributed by atoms with Crippen molar-refractivity contribution in [3.8, 4) is 16.9 Å². The van der Waals surface area contributed by atoms with Gasteiger partial charge in [0.15, 0.2) is 5.65 Å². The van der Waals surface area contributed by atoms with Crippen molar-refractivity contribution in [2.75, 3.05) is 0 Å². The monoisotopic (exact) mass is 451 g/mol. The molecule has 0 unspecified atom stereocenters. The first kappa shape index (κ1) is 21.6. The van der Waals surface area contributed by atoms with E-state index in [0.717, 1.165) is 31.7 Å². The van der Waals surface area contributed by atoms with Crippen molar-refractivity contribution in [2.45, 2.75) is 51.9 Å². The summed E-state index contributed by atoms with van der Waals surface area (Å²) in [5.41, 5.74) is 2.22. The van der Waals surface area contributed by atoms with Crippen LogP contribution in [0.4, 0.5) is 13.2 Å². The number of aryl methyl sites for hydroxylation is 1. The van der Waals surface area contributed by atoms with Crippen molar-refractivity contribution < 1.29 is 17.9 Å². The number of ether oxygens (including phenoxy) is 1. The Morgan fingerprint density at radius 3 is 2.61 bits per heavy atom. The maximum Gasteiger partial charge on any atom is 0.573 e. The van der Waals surface area contributed by atoms with Crippen LogP contribution in [0.25, 0.3) is 22.3 Å². The van der Waals surface area contributed by atoms with Gasteiger partial charge in [-0.25, -0.2) is 9.97 Å². The van der Waals surface area contributed by atoms with E-state index in [0.29, 0.717) is 33.9 Å². The van der Waals surface area contributed by atoms with Gasteiger partial charge in [0.1, 0.15) is 17.0 Å². The summed E-state index contributed by atoms with van der Waals surface area (Å²) in [7, 11) is 0. The lowest BCUT2D eigenvalue weighted by atomic mass is 10.0. The van der Waals surface area contributed by atoms with E-state index in [2.05, 4.69) is 21.6 Å². The smallest absolute Gasteiger partial charge is 0.406 e. The van der Waals surface area contributed by atoms with Gasteiger partial charge >= 0.3 is 6.36 Å². The van der Waals surface area contributed by atoms with Gasteiger partial charge in [-0.1, -0.05) is 24.9 Å². The second-order valence-electron chi connectivity index (χ2n) is 7.79. The zero-order valence-corrected chi connectivity index (χ0v) is 17.8. The van der Waals surface area contributed by atoms with E-state index < -0.39 is 12.1 Å². The molecule has 1 aromatic carbocycles. The number of pyridine rings is 1. The number of hydrogen-bond donors (Lipinski definition) is 0. The number of hydrogen-bond acceptors (Lipinski definition) is 4. The molecule has 2 heterocycles. The molecule has 0 bridgehead atoms. The van der Waals surface area contributed by atoms with Crippen LogP contribution in [0, 0.1) is 12.8 Å². The van der Waals surface area contributed by atoms with Gasteiger partial charge in [0.2, 0.25) is 0 Å². The van der Waals surface area contributed by atoms with Crippen LogP contribution < -0.4 is 10.3 Å². The van der Waals surface area contributed by atoms with Crippen molar-refractivity contribution in [3.63, 3.8) is 0 Å². The molecule has 0 radical (unpaired) electrons. The predicted molar refractivity (Wildman–Crippen MR) is 112 cm³/mol. The Morgan fingerprint density at radius 1 is 1.26 bits per heavy atom. The fourth-order valence-corrected chi connectivity index (χ4v) is 4.28. The third kappa shape index (κ3) is 4.39. The van der Waals surface area contributed by atoms with Gasteiger partial charge in [-0.2, -0.15) is 0 Å². The Bertz CT molecular complexity index is 1190. The van der Waals surface area contributed by atoms with Crippen LogP contribution in [0.3, 0.4) is 0 Å². The highest BCUT2D eigenvalue weighted by molar-refractivity contribution is 6.33. The molecule has 1 atom stereocenters. The Labute approximate surface area is 181 Å². The molecule has 0 amide bonds. The fraction of sp³-hybridized carbons (Fsp3) is 0.409. The number of rotatable bonds is 6. The highest BCUT2D eigenvalue weighted by atomic mass is 35.5. The van der Waals surface area contributed by atoms with Crippen LogP contribution >= 0.6 is 11.6 Å². The van der Waals surface area contributed by atoms with E-state index in [9.17, 15) is 18.0 Å². The van der Waals surface area contributed by atoms with Crippen molar-refractivity contribution >= 4 is 22.8 Å². The summed E-state index contributed by atoms with van der Waals surface area (Å²) in [5.74, 6) is 0.0351. The normalized spacial score (nSPS) is 15.3. The Morgan fingerprint density at radius 2 is 2.00 bits per heavy atom. The summed E-state index contributed by atoms with van der Waals surface area (Å²) in [4.78, 5) is 22.0. The molecule has 3 aromatic rings. The van der Waals surface area contributed by atoms with Crippen LogP contribution in [0.15, 0.2) is 35.3 Å². The summed E-state index contributed by atoms with van der Waals surface area (Å²) >= 11 is 6.31. The molecule has 164 valence electrons. The minimum absolute atomic E-state index is 0.0440. The standard InChI is InChI=1S/C22H21ClF3N3O2/c1-3-4-18(13-5-6-13)29-20-19(28-12(2)21(29)30)16(9-10-27-20)15-8-7-14(11-17(15)23)31-22(24,25)26/h7-11,13,18H,3-6H2,1-2H3/t18-/m0/s1. The van der Waals surface area contributed by atoms with Gasteiger partial charge in [-0.3, -0.25) is 9.36 Å². The molecule has 9 heteroatoms. The van der Waals surface area contributed by atoms with Crippen molar-refractivity contribution in [3.05, 3.63) is 51.5 Å². The molecule has 0 N–H and O–H groups in total. The van der Waals surface area contributed by atoms with Gasteiger partial charge in [-0.05, 0) is 56.4 Å². The van der Waals surface area contributed by atoms with Crippen LogP contribution in [0.1, 0.15) is 44.3 Å². The quantitative estimate of drug-likeness (QED) is 0.456. The number of nitrogens with zero attached hydrogens (tertiary/aromatic N) is 3. The van der Waals surface area contributed by atoms with Gasteiger partial charge in [0.05, 0.1) is 5.02 Å². The van der Waals surface area contributed by atoms with E-state index in [4.69, 9.17) is 11.6 Å². The molecule has 1 fully saturated rings. The van der Waals surface area contributed by atoms with E-state index in [1.54, 1.807) is 23.8 Å². The van der Waals surface area contributed by atoms with Crippen molar-refractivity contribution in [2.24, 2.45) is 5.92 Å². The molecule has 1 aliphatic carbocycles. The number of aromatic nitrogens is 3. The minimum atomic E-state index is -4.81. The highest BCUT2D eigenvalue weighted by Crippen LogP contribution is 2.43. The van der Waals surface area contributed by atoms with Crippen LogP contribution in [-0.2, 0) is 0 Å². The molecule has 0 spiro atoms. The first-order valence-corrected chi connectivity index (χ1v) is 10.5. The molecular weight excluding hydrogens is 431 g/mol. The van der Waals surface area contributed by atoms with E-state index in [1.165, 1.54) is 12.1 Å². The number of halogens is 4. The first-order chi connectivity index (χ1) is 14.7. The highest BCUT2D eigenvalue weighted by Gasteiger charge is 2.34. The Hall–Kier alpha value is -2.61. The molecule has 0 saturated heterocycles. The third-order valence-corrected chi connectivity index (χ3v) is 5.80. The van der Waals surface area contributed by atoms with Gasteiger partial charge < -0.3 is 4.74 Å². The van der Waals surface area contributed by atoms with E-state index in [1.807, 2.05) is 0 Å². The van der Waals surface area contributed by atoms with Gasteiger partial charge in [0, 0.05) is 23.4 Å². The zero-order valence-electron chi connectivity index (χ0n) is 17.0. The number of fused-ring (bicyclic) bond motifs is 1. The predicted octanol–water partition coefficient (Wildman–Crippen LogP) is 6.07. The van der Waals surface area contributed by atoms with Gasteiger partial charge in [-0.15, -0.1) is 13.2 Å². The summed E-state index contributed by atoms with van der Waals surface area (Å²) in [5, 5.41) is 0.0822. The molecule has 4 rings (SSSR count). The summed E-state index contributed by atoms with van der Waals surface area (Å²) in [6, 6.07) is 5.51. The topological polar surface area (TPSA) is 57.0 Å². The molecule has 1 aliphatic rings. The van der Waals surface area contributed by atoms with E-state index in [-0.39, 0.29) is 16.6 Å². The number of alkyl halides is 3. The second kappa shape index (κ2) is 8.15. The largest absolute Gasteiger partial charge is 0.573 e. The van der Waals surface area contributed by atoms with Crippen LogP contribution in [0.5, 0.6) is 5.75 Å². The van der Waals surface area contributed by atoms with Crippen LogP contribution in [0.2, 0.25) is 5.02 Å². The van der Waals surface area contributed by atoms with Crippen molar-refractivity contribution in [1.82, 2.24) is 14.5 Å². The van der Waals surface area contributed by atoms with E-state index >= 15 is 0 Å². The third-order valence-electron chi connectivity index (χ3n) is 5.49. The Balaban J connectivity index is 1.88. The SMILES string of the molecule is CCC[C@@H](C1CC1)n1c(=O)c(C)nc2c(-c3ccc(OC(F)(F)F)cc3Cl)ccnc21. The lowest BCUT2D eigenvalue weighted by Gasteiger charge is -2.22.